The van der Waals surface area contributed by atoms with E-state index in [9.17, 15) is 4.79 Å². The Labute approximate surface area is 119 Å². The van der Waals surface area contributed by atoms with Crippen LogP contribution in [0.2, 0.25) is 0 Å². The SMILES string of the molecule is COc1ccc2cc(CN(C)C(C)C(N)=O)ccc2c1. The van der Waals surface area contributed by atoms with Gasteiger partial charge in [-0.15, -0.1) is 0 Å². The molecule has 0 saturated heterocycles. The lowest BCUT2D eigenvalue weighted by molar-refractivity contribution is -0.122. The van der Waals surface area contributed by atoms with Crippen LogP contribution in [-0.4, -0.2) is 31.0 Å². The smallest absolute Gasteiger partial charge is 0.234 e. The van der Waals surface area contributed by atoms with Crippen LogP contribution in [0.1, 0.15) is 12.5 Å². The molecule has 0 heterocycles. The highest BCUT2D eigenvalue weighted by molar-refractivity contribution is 5.84. The average molecular weight is 272 g/mol. The molecule has 2 aromatic carbocycles. The number of fused-ring (bicyclic) bond motifs is 1. The molecule has 0 aliphatic rings. The number of carbonyl (C=O) groups is 1. The summed E-state index contributed by atoms with van der Waals surface area (Å²) in [5.74, 6) is 0.544. The summed E-state index contributed by atoms with van der Waals surface area (Å²) in [6, 6.07) is 12.0. The van der Waals surface area contributed by atoms with Gasteiger partial charge in [0.15, 0.2) is 0 Å². The minimum Gasteiger partial charge on any atom is -0.497 e. The second kappa shape index (κ2) is 5.92. The van der Waals surface area contributed by atoms with Gasteiger partial charge >= 0.3 is 0 Å². The van der Waals surface area contributed by atoms with Gasteiger partial charge in [0.25, 0.3) is 0 Å². The number of ether oxygens (including phenoxy) is 1. The highest BCUT2D eigenvalue weighted by atomic mass is 16.5. The second-order valence-corrected chi connectivity index (χ2v) is 5.04. The first kappa shape index (κ1) is 14.3. The van der Waals surface area contributed by atoms with E-state index in [1.54, 1.807) is 7.11 Å². The molecule has 0 spiro atoms. The molecule has 106 valence electrons. The van der Waals surface area contributed by atoms with Gasteiger partial charge < -0.3 is 10.5 Å². The minimum absolute atomic E-state index is 0.276. The molecule has 1 atom stereocenters. The molecule has 1 amide bonds. The standard InChI is InChI=1S/C16H20N2O2/c1-11(16(17)19)18(2)10-12-4-5-14-9-15(20-3)7-6-13(14)8-12/h4-9,11H,10H2,1-3H3,(H2,17,19). The van der Waals surface area contributed by atoms with Crippen molar-refractivity contribution in [1.29, 1.82) is 0 Å². The molecule has 2 N–H and O–H groups in total. The van der Waals surface area contributed by atoms with E-state index < -0.39 is 0 Å². The fourth-order valence-corrected chi connectivity index (χ4v) is 2.14. The van der Waals surface area contributed by atoms with Crippen molar-refractivity contribution in [3.8, 4) is 5.75 Å². The highest BCUT2D eigenvalue weighted by Gasteiger charge is 2.14. The molecular weight excluding hydrogens is 252 g/mol. The maximum absolute atomic E-state index is 11.2. The molecule has 0 aromatic heterocycles. The van der Waals surface area contributed by atoms with Crippen molar-refractivity contribution in [3.63, 3.8) is 0 Å². The normalized spacial score (nSPS) is 12.6. The average Bonchev–Trinajstić information content (AvgIpc) is 2.45. The molecule has 20 heavy (non-hydrogen) atoms. The van der Waals surface area contributed by atoms with Crippen molar-refractivity contribution < 1.29 is 9.53 Å². The van der Waals surface area contributed by atoms with Crippen molar-refractivity contribution in [2.45, 2.75) is 19.5 Å². The van der Waals surface area contributed by atoms with E-state index in [2.05, 4.69) is 18.2 Å². The topological polar surface area (TPSA) is 55.6 Å². The fraction of sp³-hybridized carbons (Fsp3) is 0.312. The summed E-state index contributed by atoms with van der Waals surface area (Å²) in [4.78, 5) is 13.1. The van der Waals surface area contributed by atoms with Crippen LogP contribution in [0.5, 0.6) is 5.75 Å². The Morgan fingerprint density at radius 3 is 2.55 bits per heavy atom. The van der Waals surface area contributed by atoms with E-state index in [0.717, 1.165) is 22.1 Å². The lowest BCUT2D eigenvalue weighted by Gasteiger charge is -2.22. The molecule has 1 unspecified atom stereocenters. The van der Waals surface area contributed by atoms with E-state index in [4.69, 9.17) is 10.5 Å². The number of likely N-dealkylation sites (N-methyl/N-ethyl adjacent to an activating group) is 1. The van der Waals surface area contributed by atoms with E-state index >= 15 is 0 Å². The molecule has 4 nitrogen and oxygen atoms in total. The van der Waals surface area contributed by atoms with Gasteiger partial charge in [-0.1, -0.05) is 18.2 Å². The van der Waals surface area contributed by atoms with Crippen LogP contribution in [-0.2, 0) is 11.3 Å². The van der Waals surface area contributed by atoms with Gasteiger partial charge in [-0.2, -0.15) is 0 Å². The lowest BCUT2D eigenvalue weighted by Crippen LogP contribution is -2.39. The zero-order chi connectivity index (χ0) is 14.7. The van der Waals surface area contributed by atoms with E-state index in [1.165, 1.54) is 0 Å². The Kier molecular flexibility index (Phi) is 4.25. The zero-order valence-corrected chi connectivity index (χ0v) is 12.1. The van der Waals surface area contributed by atoms with Crippen LogP contribution in [0.4, 0.5) is 0 Å². The van der Waals surface area contributed by atoms with Gasteiger partial charge in [-0.05, 0) is 48.5 Å². The van der Waals surface area contributed by atoms with Crippen molar-refractivity contribution in [2.75, 3.05) is 14.2 Å². The molecule has 0 aliphatic heterocycles. The van der Waals surface area contributed by atoms with Crippen molar-refractivity contribution >= 4 is 16.7 Å². The first-order chi connectivity index (χ1) is 9.51. The third-order valence-corrected chi connectivity index (χ3v) is 3.62. The third kappa shape index (κ3) is 3.08. The first-order valence-corrected chi connectivity index (χ1v) is 6.57. The maximum Gasteiger partial charge on any atom is 0.234 e. The predicted octanol–water partition coefficient (Wildman–Crippen LogP) is 2.15. The lowest BCUT2D eigenvalue weighted by atomic mass is 10.1. The maximum atomic E-state index is 11.2. The number of rotatable bonds is 5. The Balaban J connectivity index is 2.22. The second-order valence-electron chi connectivity index (χ2n) is 5.04. The molecule has 0 radical (unpaired) electrons. The summed E-state index contributed by atoms with van der Waals surface area (Å²) in [7, 11) is 3.56. The largest absolute Gasteiger partial charge is 0.497 e. The van der Waals surface area contributed by atoms with Crippen LogP contribution in [0.15, 0.2) is 36.4 Å². The van der Waals surface area contributed by atoms with Gasteiger partial charge in [-0.3, -0.25) is 9.69 Å². The monoisotopic (exact) mass is 272 g/mol. The molecule has 2 aromatic rings. The molecule has 4 heteroatoms. The van der Waals surface area contributed by atoms with Gasteiger partial charge in [0.1, 0.15) is 5.75 Å². The van der Waals surface area contributed by atoms with Crippen LogP contribution in [0, 0.1) is 0 Å². The summed E-state index contributed by atoms with van der Waals surface area (Å²) in [6.45, 7) is 2.50. The number of nitrogens with two attached hydrogens (primary N) is 1. The number of methoxy groups -OCH3 is 1. The van der Waals surface area contributed by atoms with Crippen LogP contribution in [0.3, 0.4) is 0 Å². The Bertz CT molecular complexity index is 625. The first-order valence-electron chi connectivity index (χ1n) is 6.57. The van der Waals surface area contributed by atoms with Gasteiger partial charge in [-0.25, -0.2) is 0 Å². The van der Waals surface area contributed by atoms with Gasteiger partial charge in [0, 0.05) is 6.54 Å². The van der Waals surface area contributed by atoms with Crippen LogP contribution >= 0.6 is 0 Å². The molecular formula is C16H20N2O2. The number of hydrogen-bond acceptors (Lipinski definition) is 3. The van der Waals surface area contributed by atoms with Crippen molar-refractivity contribution in [1.82, 2.24) is 4.90 Å². The van der Waals surface area contributed by atoms with Crippen molar-refractivity contribution in [3.05, 3.63) is 42.0 Å². The van der Waals surface area contributed by atoms with E-state index in [1.807, 2.05) is 37.1 Å². The molecule has 0 saturated carbocycles. The number of primary amides is 1. The number of nitrogens with zero attached hydrogens (tertiary/aromatic N) is 1. The number of amides is 1. The summed E-state index contributed by atoms with van der Waals surface area (Å²) in [6.07, 6.45) is 0. The Morgan fingerprint density at radius 1 is 1.25 bits per heavy atom. The van der Waals surface area contributed by atoms with E-state index in [-0.39, 0.29) is 11.9 Å². The van der Waals surface area contributed by atoms with Gasteiger partial charge in [0.05, 0.1) is 13.2 Å². The quantitative estimate of drug-likeness (QED) is 0.907. The van der Waals surface area contributed by atoms with Crippen molar-refractivity contribution in [2.24, 2.45) is 5.73 Å². The van der Waals surface area contributed by atoms with Crippen LogP contribution < -0.4 is 10.5 Å². The number of carbonyl (C=O) groups excluding carboxylic acids is 1. The Hall–Kier alpha value is -2.07. The Morgan fingerprint density at radius 2 is 1.90 bits per heavy atom. The molecule has 0 aliphatic carbocycles. The minimum atomic E-state index is -0.307. The molecule has 0 bridgehead atoms. The van der Waals surface area contributed by atoms with Gasteiger partial charge in [0.2, 0.25) is 5.91 Å². The summed E-state index contributed by atoms with van der Waals surface area (Å²) in [5, 5.41) is 2.29. The predicted molar refractivity (Wildman–Crippen MR) is 80.6 cm³/mol. The summed E-state index contributed by atoms with van der Waals surface area (Å²) >= 11 is 0. The number of hydrogen-bond donors (Lipinski definition) is 1. The number of benzene rings is 2. The van der Waals surface area contributed by atoms with E-state index in [0.29, 0.717) is 6.54 Å². The molecule has 0 fully saturated rings. The van der Waals surface area contributed by atoms with Crippen LogP contribution in [0.25, 0.3) is 10.8 Å². The summed E-state index contributed by atoms with van der Waals surface area (Å²) < 4.78 is 5.22. The third-order valence-electron chi connectivity index (χ3n) is 3.62. The fourth-order valence-electron chi connectivity index (χ4n) is 2.14. The highest BCUT2D eigenvalue weighted by Crippen LogP contribution is 2.22. The summed E-state index contributed by atoms with van der Waals surface area (Å²) in [5.41, 5.74) is 6.47. The zero-order valence-electron chi connectivity index (χ0n) is 12.1. The molecule has 2 rings (SSSR count).